The van der Waals surface area contributed by atoms with Crippen molar-refractivity contribution in [2.75, 3.05) is 6.61 Å². The van der Waals surface area contributed by atoms with Crippen molar-refractivity contribution in [2.24, 2.45) is 0 Å². The molecule has 4 heteroatoms. The summed E-state index contributed by atoms with van der Waals surface area (Å²) < 4.78 is 0.736. The lowest BCUT2D eigenvalue weighted by Gasteiger charge is -2.15. The maximum atomic E-state index is 9.36. The Kier molecular flexibility index (Phi) is 2.20. The molecule has 1 aromatic rings. The lowest BCUT2D eigenvalue weighted by Crippen LogP contribution is -2.12. The number of aromatic hydroxyl groups is 2. The highest BCUT2D eigenvalue weighted by atomic mass is 79.9. The van der Waals surface area contributed by atoms with Crippen LogP contribution in [-0.4, -0.2) is 21.9 Å². The minimum Gasteiger partial charge on any atom is -0.504 e. The van der Waals surface area contributed by atoms with Crippen LogP contribution in [0.4, 0.5) is 0 Å². The summed E-state index contributed by atoms with van der Waals surface area (Å²) in [5.41, 5.74) is 0.666. The van der Waals surface area contributed by atoms with E-state index in [2.05, 4.69) is 15.9 Å². The van der Waals surface area contributed by atoms with Crippen molar-refractivity contribution in [1.82, 2.24) is 0 Å². The number of hydrogen-bond acceptors (Lipinski definition) is 3. The molecule has 14 heavy (non-hydrogen) atoms. The molecule has 0 saturated heterocycles. The molecule has 76 valence electrons. The van der Waals surface area contributed by atoms with Crippen molar-refractivity contribution >= 4 is 15.9 Å². The van der Waals surface area contributed by atoms with E-state index in [-0.39, 0.29) is 23.5 Å². The van der Waals surface area contributed by atoms with Crippen molar-refractivity contribution in [3.8, 4) is 11.5 Å². The van der Waals surface area contributed by atoms with Gasteiger partial charge in [0.2, 0.25) is 0 Å². The minimum absolute atomic E-state index is 0.0792. The van der Waals surface area contributed by atoms with Crippen LogP contribution in [0.5, 0.6) is 11.5 Å². The van der Waals surface area contributed by atoms with Crippen LogP contribution in [0.1, 0.15) is 18.4 Å². The van der Waals surface area contributed by atoms with Gasteiger partial charge in [-0.05, 0) is 30.5 Å². The molecule has 0 spiro atoms. The number of phenolic OH excluding ortho intramolecular Hbond substituents is 2. The van der Waals surface area contributed by atoms with Crippen molar-refractivity contribution in [1.29, 1.82) is 0 Å². The van der Waals surface area contributed by atoms with Crippen LogP contribution < -0.4 is 0 Å². The quantitative estimate of drug-likeness (QED) is 0.711. The summed E-state index contributed by atoms with van der Waals surface area (Å²) in [5.74, 6) is -0.280. The molecule has 1 aromatic carbocycles. The lowest BCUT2D eigenvalue weighted by atomic mass is 9.96. The predicted molar refractivity (Wildman–Crippen MR) is 55.5 cm³/mol. The predicted octanol–water partition coefficient (Wildman–Crippen LogP) is 1.88. The molecule has 0 amide bonds. The molecule has 1 aliphatic rings. The van der Waals surface area contributed by atoms with Gasteiger partial charge in [-0.2, -0.15) is 0 Å². The zero-order chi connectivity index (χ0) is 10.3. The van der Waals surface area contributed by atoms with E-state index in [1.165, 1.54) is 12.1 Å². The van der Waals surface area contributed by atoms with E-state index in [1.807, 2.05) is 0 Å². The summed E-state index contributed by atoms with van der Waals surface area (Å²) in [7, 11) is 0. The number of benzene rings is 1. The van der Waals surface area contributed by atoms with Gasteiger partial charge in [0.05, 0.1) is 6.61 Å². The van der Waals surface area contributed by atoms with Crippen molar-refractivity contribution in [3.63, 3.8) is 0 Å². The molecular weight excluding hydrogens is 248 g/mol. The molecular formula is C10H11BrO3. The van der Waals surface area contributed by atoms with Crippen LogP contribution in [0.2, 0.25) is 0 Å². The third kappa shape index (κ3) is 1.38. The summed E-state index contributed by atoms with van der Waals surface area (Å²) >= 11 is 3.32. The first-order valence-corrected chi connectivity index (χ1v) is 5.21. The van der Waals surface area contributed by atoms with Crippen LogP contribution >= 0.6 is 15.9 Å². The van der Waals surface area contributed by atoms with E-state index in [9.17, 15) is 15.3 Å². The topological polar surface area (TPSA) is 60.7 Å². The first-order chi connectivity index (χ1) is 6.59. The molecule has 3 N–H and O–H groups in total. The van der Waals surface area contributed by atoms with Gasteiger partial charge >= 0.3 is 0 Å². The molecule has 1 saturated carbocycles. The van der Waals surface area contributed by atoms with E-state index < -0.39 is 0 Å². The van der Waals surface area contributed by atoms with E-state index in [4.69, 9.17) is 0 Å². The number of phenols is 2. The van der Waals surface area contributed by atoms with Gasteiger partial charge in [-0.1, -0.05) is 15.9 Å². The number of aliphatic hydroxyl groups excluding tert-OH is 1. The highest BCUT2D eigenvalue weighted by molar-refractivity contribution is 9.10. The van der Waals surface area contributed by atoms with Gasteiger partial charge in [-0.25, -0.2) is 0 Å². The van der Waals surface area contributed by atoms with Gasteiger partial charge in [0.15, 0.2) is 11.5 Å². The Morgan fingerprint density at radius 2 is 1.79 bits per heavy atom. The highest BCUT2D eigenvalue weighted by Crippen LogP contribution is 2.51. The first-order valence-electron chi connectivity index (χ1n) is 4.42. The van der Waals surface area contributed by atoms with Gasteiger partial charge < -0.3 is 15.3 Å². The SMILES string of the molecule is OCC1(c2cc(O)c(O)cc2Br)CC1. The Morgan fingerprint density at radius 3 is 2.29 bits per heavy atom. The molecule has 0 heterocycles. The largest absolute Gasteiger partial charge is 0.504 e. The fourth-order valence-electron chi connectivity index (χ4n) is 1.62. The van der Waals surface area contributed by atoms with E-state index in [1.54, 1.807) is 0 Å². The maximum Gasteiger partial charge on any atom is 0.158 e. The molecule has 0 bridgehead atoms. The normalized spacial score (nSPS) is 18.1. The standard InChI is InChI=1S/C10H11BrO3/c11-7-4-9(14)8(13)3-6(7)10(5-12)1-2-10/h3-4,12-14H,1-2,5H2. The molecule has 0 aliphatic heterocycles. The second kappa shape index (κ2) is 3.14. The minimum atomic E-state index is -0.204. The number of hydrogen-bond donors (Lipinski definition) is 3. The van der Waals surface area contributed by atoms with Crippen molar-refractivity contribution in [3.05, 3.63) is 22.2 Å². The number of halogens is 1. The second-order valence-corrected chi connectivity index (χ2v) is 4.61. The Labute approximate surface area is 90.1 Å². The number of rotatable bonds is 2. The monoisotopic (exact) mass is 258 g/mol. The Balaban J connectivity index is 2.49. The van der Waals surface area contributed by atoms with Crippen LogP contribution in [0.15, 0.2) is 16.6 Å². The molecule has 0 radical (unpaired) electrons. The summed E-state index contributed by atoms with van der Waals surface area (Å²) in [4.78, 5) is 0. The van der Waals surface area contributed by atoms with Gasteiger partial charge in [-0.3, -0.25) is 0 Å². The Morgan fingerprint density at radius 1 is 1.21 bits per heavy atom. The van der Waals surface area contributed by atoms with Gasteiger partial charge in [0.1, 0.15) is 0 Å². The van der Waals surface area contributed by atoms with Crippen LogP contribution in [0.3, 0.4) is 0 Å². The average molecular weight is 259 g/mol. The molecule has 0 aromatic heterocycles. The van der Waals surface area contributed by atoms with Crippen LogP contribution in [0.25, 0.3) is 0 Å². The molecule has 2 rings (SSSR count). The number of aliphatic hydroxyl groups is 1. The van der Waals surface area contributed by atoms with E-state index in [0.717, 1.165) is 22.9 Å². The highest BCUT2D eigenvalue weighted by Gasteiger charge is 2.45. The molecule has 1 fully saturated rings. The van der Waals surface area contributed by atoms with Crippen LogP contribution in [-0.2, 0) is 5.41 Å². The molecule has 3 nitrogen and oxygen atoms in total. The average Bonchev–Trinajstić information content (AvgIpc) is 2.92. The fourth-order valence-corrected chi connectivity index (χ4v) is 2.37. The summed E-state index contributed by atoms with van der Waals surface area (Å²) in [5, 5.41) is 27.8. The summed E-state index contributed by atoms with van der Waals surface area (Å²) in [6.45, 7) is 0.0792. The second-order valence-electron chi connectivity index (χ2n) is 3.76. The van der Waals surface area contributed by atoms with Crippen molar-refractivity contribution < 1.29 is 15.3 Å². The van der Waals surface area contributed by atoms with Gasteiger partial charge in [0, 0.05) is 9.89 Å². The van der Waals surface area contributed by atoms with Gasteiger partial charge in [0.25, 0.3) is 0 Å². The third-order valence-electron chi connectivity index (χ3n) is 2.79. The fraction of sp³-hybridized carbons (Fsp3) is 0.400. The Hall–Kier alpha value is -0.740. The smallest absolute Gasteiger partial charge is 0.158 e. The van der Waals surface area contributed by atoms with Crippen LogP contribution in [0, 0.1) is 0 Å². The van der Waals surface area contributed by atoms with Gasteiger partial charge in [-0.15, -0.1) is 0 Å². The molecule has 1 aliphatic carbocycles. The first kappa shape index (κ1) is 9.80. The zero-order valence-electron chi connectivity index (χ0n) is 7.50. The van der Waals surface area contributed by atoms with E-state index in [0.29, 0.717) is 0 Å². The zero-order valence-corrected chi connectivity index (χ0v) is 9.08. The lowest BCUT2D eigenvalue weighted by molar-refractivity contribution is 0.254. The summed E-state index contributed by atoms with van der Waals surface area (Å²) in [6, 6.07) is 2.98. The van der Waals surface area contributed by atoms with E-state index >= 15 is 0 Å². The van der Waals surface area contributed by atoms with Crippen molar-refractivity contribution in [2.45, 2.75) is 18.3 Å². The summed E-state index contributed by atoms with van der Waals surface area (Å²) in [6.07, 6.45) is 1.85. The molecule has 0 atom stereocenters. The molecule has 0 unspecified atom stereocenters. The Bertz CT molecular complexity index is 372. The third-order valence-corrected chi connectivity index (χ3v) is 3.45. The maximum absolute atomic E-state index is 9.36.